The van der Waals surface area contributed by atoms with E-state index in [0.717, 1.165) is 25.7 Å². The fourth-order valence-corrected chi connectivity index (χ4v) is 5.86. The monoisotopic (exact) mass is 302 g/mol. The molecule has 2 fully saturated rings. The molecule has 0 saturated heterocycles. The molecule has 122 valence electrons. The normalized spacial score (nSPS) is 47.9. The van der Waals surface area contributed by atoms with Crippen LogP contribution in [0.3, 0.4) is 0 Å². The Labute approximate surface area is 134 Å². The molecule has 0 spiro atoms. The standard InChI is InChI=1S/C20H30O2/c1-5-18(2)12-9-15-14(13-18)7-8-16-19(15,3)10-6-11-20(16,4)17(21)22/h5,7,15-16H,1,6,8-13H2,2-4H3,(H,21,22)/t15-,16+,18+,19+,20+/m0/s1. The van der Waals surface area contributed by atoms with Gasteiger partial charge in [-0.25, -0.2) is 0 Å². The molecule has 0 aliphatic heterocycles. The summed E-state index contributed by atoms with van der Waals surface area (Å²) in [4.78, 5) is 11.9. The summed E-state index contributed by atoms with van der Waals surface area (Å²) in [5.74, 6) is 0.276. The first-order chi connectivity index (χ1) is 10.3. The molecule has 3 rings (SSSR count). The highest BCUT2D eigenvalue weighted by Crippen LogP contribution is 2.63. The first-order valence-corrected chi connectivity index (χ1v) is 8.81. The fourth-order valence-electron chi connectivity index (χ4n) is 5.86. The van der Waals surface area contributed by atoms with Gasteiger partial charge in [-0.1, -0.05) is 38.0 Å². The topological polar surface area (TPSA) is 37.3 Å². The molecule has 3 aliphatic carbocycles. The molecule has 22 heavy (non-hydrogen) atoms. The summed E-state index contributed by atoms with van der Waals surface area (Å²) in [7, 11) is 0. The fraction of sp³-hybridized carbons (Fsp3) is 0.750. The van der Waals surface area contributed by atoms with E-state index < -0.39 is 11.4 Å². The van der Waals surface area contributed by atoms with Gasteiger partial charge in [0.25, 0.3) is 0 Å². The van der Waals surface area contributed by atoms with Gasteiger partial charge in [-0.2, -0.15) is 0 Å². The Morgan fingerprint density at radius 3 is 2.68 bits per heavy atom. The van der Waals surface area contributed by atoms with Gasteiger partial charge in [0.05, 0.1) is 5.41 Å². The van der Waals surface area contributed by atoms with Crippen LogP contribution in [0.2, 0.25) is 0 Å². The highest BCUT2D eigenvalue weighted by atomic mass is 16.4. The molecule has 0 bridgehead atoms. The third kappa shape index (κ3) is 2.10. The van der Waals surface area contributed by atoms with Gasteiger partial charge < -0.3 is 5.11 Å². The third-order valence-corrected chi connectivity index (χ3v) is 7.43. The summed E-state index contributed by atoms with van der Waals surface area (Å²) in [6, 6.07) is 0. The van der Waals surface area contributed by atoms with Crippen molar-refractivity contribution in [2.75, 3.05) is 0 Å². The molecule has 0 aromatic carbocycles. The maximum absolute atomic E-state index is 11.9. The van der Waals surface area contributed by atoms with Crippen LogP contribution in [0.5, 0.6) is 0 Å². The van der Waals surface area contributed by atoms with E-state index in [1.54, 1.807) is 5.57 Å². The number of aliphatic carboxylic acids is 1. The number of rotatable bonds is 2. The number of allylic oxidation sites excluding steroid dienone is 3. The van der Waals surface area contributed by atoms with E-state index in [-0.39, 0.29) is 16.7 Å². The minimum absolute atomic E-state index is 0.165. The van der Waals surface area contributed by atoms with Crippen LogP contribution in [0.15, 0.2) is 24.3 Å². The molecule has 2 heteroatoms. The predicted molar refractivity (Wildman–Crippen MR) is 89.5 cm³/mol. The zero-order valence-corrected chi connectivity index (χ0v) is 14.3. The van der Waals surface area contributed by atoms with Crippen LogP contribution in [0.4, 0.5) is 0 Å². The van der Waals surface area contributed by atoms with Crippen molar-refractivity contribution in [3.63, 3.8) is 0 Å². The van der Waals surface area contributed by atoms with Gasteiger partial charge in [0, 0.05) is 0 Å². The second-order valence-electron chi connectivity index (χ2n) is 8.78. The van der Waals surface area contributed by atoms with Gasteiger partial charge >= 0.3 is 5.97 Å². The lowest BCUT2D eigenvalue weighted by Crippen LogP contribution is -2.53. The zero-order valence-electron chi connectivity index (χ0n) is 14.3. The average Bonchev–Trinajstić information content (AvgIpc) is 2.46. The molecule has 0 heterocycles. The van der Waals surface area contributed by atoms with E-state index in [1.807, 2.05) is 6.92 Å². The molecular formula is C20H30O2. The summed E-state index contributed by atoms with van der Waals surface area (Å²) in [5, 5.41) is 9.83. The Morgan fingerprint density at radius 2 is 2.05 bits per heavy atom. The number of hydrogen-bond donors (Lipinski definition) is 1. The number of hydrogen-bond acceptors (Lipinski definition) is 1. The molecule has 0 aromatic heterocycles. The van der Waals surface area contributed by atoms with Gasteiger partial charge in [0.15, 0.2) is 0 Å². The van der Waals surface area contributed by atoms with Crippen LogP contribution < -0.4 is 0 Å². The molecule has 2 nitrogen and oxygen atoms in total. The van der Waals surface area contributed by atoms with Crippen molar-refractivity contribution in [3.05, 3.63) is 24.3 Å². The Morgan fingerprint density at radius 1 is 1.32 bits per heavy atom. The minimum Gasteiger partial charge on any atom is -0.481 e. The number of carbonyl (C=O) groups is 1. The number of carboxylic acids is 1. The van der Waals surface area contributed by atoms with Crippen LogP contribution in [-0.4, -0.2) is 11.1 Å². The van der Waals surface area contributed by atoms with Gasteiger partial charge in [-0.3, -0.25) is 4.79 Å². The van der Waals surface area contributed by atoms with Gasteiger partial charge in [-0.05, 0) is 68.1 Å². The Balaban J connectivity index is 1.98. The van der Waals surface area contributed by atoms with E-state index in [9.17, 15) is 9.90 Å². The van der Waals surface area contributed by atoms with Crippen molar-refractivity contribution in [1.82, 2.24) is 0 Å². The lowest BCUT2D eigenvalue weighted by atomic mass is 9.45. The number of fused-ring (bicyclic) bond motifs is 3. The maximum Gasteiger partial charge on any atom is 0.309 e. The second-order valence-corrected chi connectivity index (χ2v) is 8.78. The van der Waals surface area contributed by atoms with Crippen molar-refractivity contribution < 1.29 is 9.90 Å². The average molecular weight is 302 g/mol. The summed E-state index contributed by atoms with van der Waals surface area (Å²) >= 11 is 0. The third-order valence-electron chi connectivity index (χ3n) is 7.43. The van der Waals surface area contributed by atoms with Gasteiger partial charge in [0.2, 0.25) is 0 Å². The Hall–Kier alpha value is -1.05. The molecule has 1 N–H and O–H groups in total. The summed E-state index contributed by atoms with van der Waals surface area (Å²) < 4.78 is 0. The summed E-state index contributed by atoms with van der Waals surface area (Å²) in [6.45, 7) is 10.7. The second kappa shape index (κ2) is 4.97. The van der Waals surface area contributed by atoms with Crippen molar-refractivity contribution in [2.24, 2.45) is 28.1 Å². The molecule has 0 unspecified atom stereocenters. The van der Waals surface area contributed by atoms with E-state index in [2.05, 4.69) is 32.6 Å². The Kier molecular flexibility index (Phi) is 3.58. The molecule has 5 atom stereocenters. The van der Waals surface area contributed by atoms with Crippen molar-refractivity contribution in [1.29, 1.82) is 0 Å². The largest absolute Gasteiger partial charge is 0.481 e. The minimum atomic E-state index is -0.591. The summed E-state index contributed by atoms with van der Waals surface area (Å²) in [5.41, 5.74) is 1.43. The van der Waals surface area contributed by atoms with Crippen LogP contribution in [0, 0.1) is 28.1 Å². The van der Waals surface area contributed by atoms with E-state index in [4.69, 9.17) is 0 Å². The quantitative estimate of drug-likeness (QED) is 0.711. The molecular weight excluding hydrogens is 272 g/mol. The zero-order chi connectivity index (χ0) is 16.2. The van der Waals surface area contributed by atoms with Crippen LogP contribution >= 0.6 is 0 Å². The highest BCUT2D eigenvalue weighted by molar-refractivity contribution is 5.75. The first kappa shape index (κ1) is 15.8. The lowest BCUT2D eigenvalue weighted by Gasteiger charge is -2.58. The van der Waals surface area contributed by atoms with E-state index in [0.29, 0.717) is 5.92 Å². The molecule has 0 aromatic rings. The highest BCUT2D eigenvalue weighted by Gasteiger charge is 2.58. The first-order valence-electron chi connectivity index (χ1n) is 8.81. The smallest absolute Gasteiger partial charge is 0.309 e. The van der Waals surface area contributed by atoms with Gasteiger partial charge in [0.1, 0.15) is 0 Å². The van der Waals surface area contributed by atoms with Crippen LogP contribution in [0.1, 0.15) is 65.7 Å². The van der Waals surface area contributed by atoms with Crippen LogP contribution in [-0.2, 0) is 4.79 Å². The molecule has 0 radical (unpaired) electrons. The van der Waals surface area contributed by atoms with E-state index in [1.165, 1.54) is 19.3 Å². The number of carboxylic acid groups (broad SMARTS) is 1. The van der Waals surface area contributed by atoms with Crippen LogP contribution in [0.25, 0.3) is 0 Å². The van der Waals surface area contributed by atoms with Gasteiger partial charge in [-0.15, -0.1) is 6.58 Å². The molecule has 0 amide bonds. The predicted octanol–water partition coefficient (Wildman–Crippen LogP) is 5.21. The van der Waals surface area contributed by atoms with Crippen molar-refractivity contribution >= 4 is 5.97 Å². The summed E-state index contributed by atoms with van der Waals surface area (Å²) in [6.07, 6.45) is 12.0. The Bertz CT molecular complexity index is 534. The van der Waals surface area contributed by atoms with Crippen molar-refractivity contribution in [2.45, 2.75) is 65.7 Å². The molecule has 3 aliphatic rings. The molecule has 2 saturated carbocycles. The SMILES string of the molecule is C=C[C@]1(C)CC[C@H]2C(=CC[C@@H]3[C@]2(C)CCC[C@@]3(C)C(=O)O)C1. The van der Waals surface area contributed by atoms with Crippen molar-refractivity contribution in [3.8, 4) is 0 Å². The maximum atomic E-state index is 11.9. The van der Waals surface area contributed by atoms with E-state index >= 15 is 0 Å². The lowest BCUT2D eigenvalue weighted by molar-refractivity contribution is -0.163.